The van der Waals surface area contributed by atoms with Crippen LogP contribution in [-0.4, -0.2) is 25.5 Å². The Hall–Kier alpha value is -3.19. The van der Waals surface area contributed by atoms with Gasteiger partial charge in [0.1, 0.15) is 16.9 Å². The van der Waals surface area contributed by atoms with E-state index in [1.165, 1.54) is 24.3 Å². The average Bonchev–Trinajstić information content (AvgIpc) is 2.50. The van der Waals surface area contributed by atoms with E-state index in [0.717, 1.165) is 6.07 Å². The maximum Gasteiger partial charge on any atom is 0.339 e. The fraction of sp³-hybridized carbons (Fsp3) is 0.0625. The first-order valence-corrected chi connectivity index (χ1v) is 6.57. The number of fused-ring (bicyclic) bond motifs is 1. The number of aromatic hydroxyl groups is 4. The van der Waals surface area contributed by atoms with Crippen LogP contribution in [0.2, 0.25) is 0 Å². The highest BCUT2D eigenvalue weighted by molar-refractivity contribution is 5.97. The number of aliphatic hydroxyl groups excluding tert-OH is 1. The third-order valence-electron chi connectivity index (χ3n) is 3.50. The van der Waals surface area contributed by atoms with Gasteiger partial charge < -0.3 is 29.9 Å². The lowest BCUT2D eigenvalue weighted by Crippen LogP contribution is -1.99. The number of hydrogen-bond donors (Lipinski definition) is 5. The summed E-state index contributed by atoms with van der Waals surface area (Å²) in [6.45, 7) is -0.500. The van der Waals surface area contributed by atoms with Crippen molar-refractivity contribution in [2.24, 2.45) is 0 Å². The lowest BCUT2D eigenvalue weighted by atomic mass is 9.98. The van der Waals surface area contributed by atoms with E-state index in [2.05, 4.69) is 0 Å². The summed E-state index contributed by atoms with van der Waals surface area (Å²) < 4.78 is 4.95. The minimum absolute atomic E-state index is 0.123. The molecule has 0 fully saturated rings. The minimum atomic E-state index is -0.820. The molecule has 23 heavy (non-hydrogen) atoms. The van der Waals surface area contributed by atoms with E-state index in [1.807, 2.05) is 0 Å². The molecule has 0 atom stereocenters. The van der Waals surface area contributed by atoms with Gasteiger partial charge in [0.2, 0.25) is 0 Å². The molecule has 0 unspecified atom stereocenters. The molecule has 3 rings (SSSR count). The van der Waals surface area contributed by atoms with Crippen molar-refractivity contribution in [3.05, 3.63) is 46.3 Å². The average molecular weight is 316 g/mol. The quantitative estimate of drug-likeness (QED) is 0.359. The zero-order valence-electron chi connectivity index (χ0n) is 11.6. The molecule has 0 saturated carbocycles. The van der Waals surface area contributed by atoms with Crippen molar-refractivity contribution >= 4 is 11.0 Å². The van der Waals surface area contributed by atoms with Gasteiger partial charge in [0.15, 0.2) is 17.1 Å². The van der Waals surface area contributed by atoms with Crippen LogP contribution in [0.1, 0.15) is 5.56 Å². The Kier molecular flexibility index (Phi) is 3.34. The van der Waals surface area contributed by atoms with Gasteiger partial charge >= 0.3 is 5.63 Å². The highest BCUT2D eigenvalue weighted by Gasteiger charge is 2.19. The molecule has 3 aromatic rings. The van der Waals surface area contributed by atoms with E-state index in [-0.39, 0.29) is 33.6 Å². The Morgan fingerprint density at radius 2 is 1.65 bits per heavy atom. The number of benzene rings is 2. The summed E-state index contributed by atoms with van der Waals surface area (Å²) in [6.07, 6.45) is 0. The maximum atomic E-state index is 11.4. The van der Waals surface area contributed by atoms with Crippen molar-refractivity contribution in [1.29, 1.82) is 0 Å². The zero-order chi connectivity index (χ0) is 16.7. The number of rotatable bonds is 2. The standard InChI is InChI=1S/C16H12O7/c17-6-8-3-9(7-1-2-10(18)11(19)4-7)15(22)14-12(20)5-13(21)23-16(8)14/h1-5,17-20,22H,6H2. The van der Waals surface area contributed by atoms with Gasteiger partial charge in [-0.3, -0.25) is 0 Å². The lowest BCUT2D eigenvalue weighted by Gasteiger charge is -2.12. The van der Waals surface area contributed by atoms with Gasteiger partial charge in [0.05, 0.1) is 12.7 Å². The van der Waals surface area contributed by atoms with E-state index in [4.69, 9.17) is 4.42 Å². The Labute approximate surface area is 128 Å². The van der Waals surface area contributed by atoms with Crippen LogP contribution in [0.5, 0.6) is 23.0 Å². The van der Waals surface area contributed by atoms with Crippen LogP contribution in [-0.2, 0) is 6.61 Å². The Bertz CT molecular complexity index is 972. The fourth-order valence-electron chi connectivity index (χ4n) is 2.41. The third-order valence-corrected chi connectivity index (χ3v) is 3.50. The van der Waals surface area contributed by atoms with Crippen LogP contribution in [0.3, 0.4) is 0 Å². The molecule has 1 heterocycles. The summed E-state index contributed by atoms with van der Waals surface area (Å²) in [5.74, 6) is -1.60. The predicted octanol–water partition coefficient (Wildman–Crippen LogP) is 1.77. The topological polar surface area (TPSA) is 131 Å². The molecule has 0 aliphatic rings. The van der Waals surface area contributed by atoms with Crippen LogP contribution < -0.4 is 5.63 Å². The molecule has 0 radical (unpaired) electrons. The van der Waals surface area contributed by atoms with Crippen molar-refractivity contribution in [2.75, 3.05) is 0 Å². The summed E-state index contributed by atoms with van der Waals surface area (Å²) in [4.78, 5) is 11.4. The summed E-state index contributed by atoms with van der Waals surface area (Å²) in [5.41, 5.74) is -0.254. The molecule has 0 amide bonds. The summed E-state index contributed by atoms with van der Waals surface area (Å²) in [6, 6.07) is 6.06. The van der Waals surface area contributed by atoms with Crippen molar-refractivity contribution in [3.8, 4) is 34.1 Å². The van der Waals surface area contributed by atoms with Crippen LogP contribution in [0.25, 0.3) is 22.1 Å². The van der Waals surface area contributed by atoms with Gasteiger partial charge in [-0.15, -0.1) is 0 Å². The largest absolute Gasteiger partial charge is 0.507 e. The van der Waals surface area contributed by atoms with Crippen molar-refractivity contribution in [1.82, 2.24) is 0 Å². The lowest BCUT2D eigenvalue weighted by molar-refractivity contribution is 0.281. The van der Waals surface area contributed by atoms with Crippen LogP contribution >= 0.6 is 0 Å². The smallest absolute Gasteiger partial charge is 0.339 e. The highest BCUT2D eigenvalue weighted by Crippen LogP contribution is 2.42. The number of aliphatic hydroxyl groups is 1. The molecule has 1 aromatic heterocycles. The van der Waals surface area contributed by atoms with Gasteiger partial charge in [-0.25, -0.2) is 4.79 Å². The molecule has 2 aromatic carbocycles. The first-order chi connectivity index (χ1) is 10.9. The van der Waals surface area contributed by atoms with Crippen molar-refractivity contribution in [2.45, 2.75) is 6.61 Å². The summed E-state index contributed by atoms with van der Waals surface area (Å²) >= 11 is 0. The first kappa shape index (κ1) is 14.7. The van der Waals surface area contributed by atoms with E-state index in [0.29, 0.717) is 5.56 Å². The van der Waals surface area contributed by atoms with Crippen molar-refractivity contribution < 1.29 is 29.9 Å². The number of phenols is 3. The van der Waals surface area contributed by atoms with Gasteiger partial charge in [-0.1, -0.05) is 6.07 Å². The monoisotopic (exact) mass is 316 g/mol. The van der Waals surface area contributed by atoms with E-state index >= 15 is 0 Å². The van der Waals surface area contributed by atoms with Crippen LogP contribution in [0, 0.1) is 0 Å². The second kappa shape index (κ2) is 5.22. The van der Waals surface area contributed by atoms with Crippen LogP contribution in [0.4, 0.5) is 0 Å². The Morgan fingerprint density at radius 1 is 0.913 bits per heavy atom. The molecule has 0 aliphatic carbocycles. The molecule has 5 N–H and O–H groups in total. The Balaban J connectivity index is 2.40. The minimum Gasteiger partial charge on any atom is -0.507 e. The second-order valence-electron chi connectivity index (χ2n) is 4.95. The highest BCUT2D eigenvalue weighted by atomic mass is 16.4. The fourth-order valence-corrected chi connectivity index (χ4v) is 2.41. The molecular formula is C16H12O7. The molecule has 0 saturated heterocycles. The zero-order valence-corrected chi connectivity index (χ0v) is 11.6. The normalized spacial score (nSPS) is 11.0. The first-order valence-electron chi connectivity index (χ1n) is 6.57. The molecule has 118 valence electrons. The van der Waals surface area contributed by atoms with Gasteiger partial charge in [-0.2, -0.15) is 0 Å². The van der Waals surface area contributed by atoms with E-state index in [1.54, 1.807) is 0 Å². The predicted molar refractivity (Wildman–Crippen MR) is 80.5 cm³/mol. The van der Waals surface area contributed by atoms with Gasteiger partial charge in [-0.05, 0) is 23.8 Å². The van der Waals surface area contributed by atoms with E-state index in [9.17, 15) is 30.3 Å². The van der Waals surface area contributed by atoms with E-state index < -0.39 is 23.7 Å². The van der Waals surface area contributed by atoms with Gasteiger partial charge in [0.25, 0.3) is 0 Å². The molecule has 0 bridgehead atoms. The SMILES string of the molecule is O=c1cc(O)c2c(O)c(-c3ccc(O)c(O)c3)cc(CO)c2o1. The number of hydrogen-bond acceptors (Lipinski definition) is 7. The molecule has 7 nitrogen and oxygen atoms in total. The number of phenolic OH excluding ortho intramolecular Hbond substituents is 3. The van der Waals surface area contributed by atoms with Crippen molar-refractivity contribution in [3.63, 3.8) is 0 Å². The van der Waals surface area contributed by atoms with Crippen LogP contribution in [0.15, 0.2) is 39.5 Å². The Morgan fingerprint density at radius 3 is 2.30 bits per heavy atom. The summed E-state index contributed by atoms with van der Waals surface area (Å²) in [5, 5.41) is 48.6. The molecular weight excluding hydrogens is 304 g/mol. The van der Waals surface area contributed by atoms with Gasteiger partial charge in [0, 0.05) is 11.1 Å². The summed E-state index contributed by atoms with van der Waals surface area (Å²) in [7, 11) is 0. The molecule has 7 heteroatoms. The second-order valence-corrected chi connectivity index (χ2v) is 4.95. The third kappa shape index (κ3) is 2.33. The maximum absolute atomic E-state index is 11.4. The molecule has 0 aliphatic heterocycles. The molecule has 0 spiro atoms.